The Hall–Kier alpha value is -3.65. The predicted octanol–water partition coefficient (Wildman–Crippen LogP) is 4.44. The molecule has 0 aliphatic carbocycles. The van der Waals surface area contributed by atoms with Crippen molar-refractivity contribution in [1.29, 1.82) is 0 Å². The number of carboxylic acids is 1. The minimum Gasteiger partial charge on any atom is -0.488 e. The minimum atomic E-state index is -0.992. The fraction of sp³-hybridized carbons (Fsp3) is 0.217. The maximum absolute atomic E-state index is 11.4. The number of aromatic carboxylic acids is 1. The highest BCUT2D eigenvalue weighted by Crippen LogP contribution is 2.41. The zero-order chi connectivity index (χ0) is 22.4. The van der Waals surface area contributed by atoms with Crippen LogP contribution >= 0.6 is 11.6 Å². The third-order valence-corrected chi connectivity index (χ3v) is 5.88. The van der Waals surface area contributed by atoms with E-state index in [9.17, 15) is 9.90 Å². The second-order valence-corrected chi connectivity index (χ2v) is 8.17. The Kier molecular flexibility index (Phi) is 4.94. The Bertz CT molecular complexity index is 1230. The van der Waals surface area contributed by atoms with E-state index in [4.69, 9.17) is 21.1 Å². The van der Waals surface area contributed by atoms with Crippen molar-refractivity contribution in [3.8, 4) is 22.6 Å². The van der Waals surface area contributed by atoms with Crippen LogP contribution in [0.4, 0.5) is 17.2 Å². The molecule has 3 N–H and O–H groups in total. The van der Waals surface area contributed by atoms with E-state index in [0.29, 0.717) is 22.9 Å². The molecule has 2 aliphatic rings. The molecule has 1 atom stereocenters. The Balaban J connectivity index is 1.39. The summed E-state index contributed by atoms with van der Waals surface area (Å²) in [5.41, 5.74) is 4.15. The monoisotopic (exact) mass is 452 g/mol. The number of benzene rings is 2. The van der Waals surface area contributed by atoms with Crippen molar-refractivity contribution in [2.24, 2.45) is 0 Å². The summed E-state index contributed by atoms with van der Waals surface area (Å²) in [5.74, 6) is 0.990. The highest BCUT2D eigenvalue weighted by atomic mass is 35.5. The molecule has 0 saturated carbocycles. The number of aryl methyl sites for hydroxylation is 1. The number of likely N-dealkylation sites (N-methyl/N-ethyl adjacent to an activating group) is 1. The van der Waals surface area contributed by atoms with Crippen molar-refractivity contribution in [1.82, 2.24) is 4.98 Å². The van der Waals surface area contributed by atoms with Crippen LogP contribution in [0.5, 0.6) is 11.5 Å². The highest BCUT2D eigenvalue weighted by Gasteiger charge is 2.24. The van der Waals surface area contributed by atoms with Crippen LogP contribution in [-0.4, -0.2) is 42.6 Å². The summed E-state index contributed by atoms with van der Waals surface area (Å²) in [6.07, 6.45) is 1.22. The molecular weight excluding hydrogens is 432 g/mol. The number of rotatable bonds is 4. The number of pyridine rings is 1. The number of fused-ring (bicyclic) bond motifs is 2. The normalized spacial score (nSPS) is 16.3. The highest BCUT2D eigenvalue weighted by molar-refractivity contribution is 6.34. The van der Waals surface area contributed by atoms with Gasteiger partial charge in [0.25, 0.3) is 0 Å². The zero-order valence-corrected chi connectivity index (χ0v) is 18.2. The van der Waals surface area contributed by atoms with Gasteiger partial charge in [0, 0.05) is 24.4 Å². The molecule has 1 aromatic heterocycles. The number of nitrogens with one attached hydrogen (secondary N) is 2. The van der Waals surface area contributed by atoms with Gasteiger partial charge in [-0.05, 0) is 42.8 Å². The predicted molar refractivity (Wildman–Crippen MR) is 123 cm³/mol. The van der Waals surface area contributed by atoms with E-state index in [1.54, 1.807) is 25.3 Å². The number of nitrogens with zero attached hydrogens (tertiary/aromatic N) is 2. The molecule has 0 radical (unpaired) electrons. The number of hydrogen-bond donors (Lipinski definition) is 3. The molecule has 2 aromatic carbocycles. The Morgan fingerprint density at radius 2 is 2.03 bits per heavy atom. The number of carbonyl (C=O) groups is 1. The molecule has 0 spiro atoms. The second-order valence-electron chi connectivity index (χ2n) is 7.76. The first kappa shape index (κ1) is 20.3. The average molecular weight is 453 g/mol. The smallest absolute Gasteiger partial charge is 0.336 e. The number of aromatic nitrogens is 1. The largest absolute Gasteiger partial charge is 0.488 e. The van der Waals surface area contributed by atoms with Gasteiger partial charge >= 0.3 is 5.97 Å². The summed E-state index contributed by atoms with van der Waals surface area (Å²) in [6, 6.07) is 10.7. The molecule has 5 rings (SSSR count). The molecule has 164 valence electrons. The standard InChI is InChI=1S/C23H21ClN4O4/c1-12-3-4-14(8-15(12)22(29)30)32-23-26-18-9-16(17(24)10-19(18)27-23)13-7-20-21(25-11-13)28(2)5-6-31-20/h3-4,7-11,23,26-27H,5-6H2,1-2H3,(H,29,30). The summed E-state index contributed by atoms with van der Waals surface area (Å²) in [4.78, 5) is 18.0. The number of hydrogen-bond acceptors (Lipinski definition) is 7. The van der Waals surface area contributed by atoms with E-state index in [-0.39, 0.29) is 5.56 Å². The van der Waals surface area contributed by atoms with Gasteiger partial charge in [0.15, 0.2) is 11.6 Å². The quantitative estimate of drug-likeness (QED) is 0.534. The van der Waals surface area contributed by atoms with Crippen LogP contribution in [-0.2, 0) is 0 Å². The fourth-order valence-corrected chi connectivity index (χ4v) is 4.10. The fourth-order valence-electron chi connectivity index (χ4n) is 3.83. The van der Waals surface area contributed by atoms with E-state index in [0.717, 1.165) is 40.6 Å². The van der Waals surface area contributed by atoms with Crippen molar-refractivity contribution in [3.05, 3.63) is 58.7 Å². The molecule has 0 bridgehead atoms. The number of anilines is 3. The molecule has 32 heavy (non-hydrogen) atoms. The van der Waals surface area contributed by atoms with E-state index < -0.39 is 12.3 Å². The van der Waals surface area contributed by atoms with Crippen molar-refractivity contribution < 1.29 is 19.4 Å². The van der Waals surface area contributed by atoms with E-state index in [1.165, 1.54) is 6.07 Å². The molecule has 2 aliphatic heterocycles. The van der Waals surface area contributed by atoms with Gasteiger partial charge in [0.1, 0.15) is 12.4 Å². The number of carboxylic acid groups (broad SMARTS) is 1. The van der Waals surface area contributed by atoms with Gasteiger partial charge in [-0.3, -0.25) is 0 Å². The average Bonchev–Trinajstić information content (AvgIpc) is 3.15. The Morgan fingerprint density at radius 3 is 2.81 bits per heavy atom. The van der Waals surface area contributed by atoms with Crippen molar-refractivity contribution in [3.63, 3.8) is 0 Å². The lowest BCUT2D eigenvalue weighted by molar-refractivity contribution is 0.0695. The Labute approximate surface area is 189 Å². The third-order valence-electron chi connectivity index (χ3n) is 5.56. The van der Waals surface area contributed by atoms with Crippen LogP contribution in [0.3, 0.4) is 0 Å². The van der Waals surface area contributed by atoms with Crippen molar-refractivity contribution in [2.45, 2.75) is 13.3 Å². The molecule has 3 heterocycles. The van der Waals surface area contributed by atoms with Crippen molar-refractivity contribution in [2.75, 3.05) is 35.7 Å². The molecule has 0 fully saturated rings. The zero-order valence-electron chi connectivity index (χ0n) is 17.5. The molecular formula is C23H21ClN4O4. The van der Waals surface area contributed by atoms with Gasteiger partial charge in [0.2, 0.25) is 6.35 Å². The number of ether oxygens (including phenoxy) is 2. The Morgan fingerprint density at radius 1 is 1.25 bits per heavy atom. The van der Waals surface area contributed by atoms with Crippen LogP contribution in [0.1, 0.15) is 15.9 Å². The summed E-state index contributed by atoms with van der Waals surface area (Å²) in [5, 5.41) is 16.4. The molecule has 3 aromatic rings. The maximum atomic E-state index is 11.4. The lowest BCUT2D eigenvalue weighted by atomic mass is 10.1. The van der Waals surface area contributed by atoms with Gasteiger partial charge in [0.05, 0.1) is 28.5 Å². The summed E-state index contributed by atoms with van der Waals surface area (Å²) in [6.45, 7) is 3.15. The van der Waals surface area contributed by atoms with Gasteiger partial charge in [-0.1, -0.05) is 17.7 Å². The second kappa shape index (κ2) is 7.80. The van der Waals surface area contributed by atoms with Crippen LogP contribution in [0.15, 0.2) is 42.6 Å². The van der Waals surface area contributed by atoms with Gasteiger partial charge in [-0.25, -0.2) is 9.78 Å². The summed E-state index contributed by atoms with van der Waals surface area (Å²) >= 11 is 6.58. The van der Waals surface area contributed by atoms with E-state index in [2.05, 4.69) is 20.5 Å². The summed E-state index contributed by atoms with van der Waals surface area (Å²) in [7, 11) is 1.99. The molecule has 0 saturated heterocycles. The van der Waals surface area contributed by atoms with Gasteiger partial charge in [-0.15, -0.1) is 0 Å². The molecule has 8 nitrogen and oxygen atoms in total. The van der Waals surface area contributed by atoms with E-state index in [1.807, 2.05) is 25.2 Å². The minimum absolute atomic E-state index is 0.205. The maximum Gasteiger partial charge on any atom is 0.336 e. The first-order valence-corrected chi connectivity index (χ1v) is 10.5. The van der Waals surface area contributed by atoms with Crippen LogP contribution in [0.25, 0.3) is 11.1 Å². The van der Waals surface area contributed by atoms with Crippen LogP contribution in [0.2, 0.25) is 5.02 Å². The lowest BCUT2D eigenvalue weighted by Gasteiger charge is -2.26. The third kappa shape index (κ3) is 3.62. The summed E-state index contributed by atoms with van der Waals surface area (Å²) < 4.78 is 11.7. The van der Waals surface area contributed by atoms with Gasteiger partial charge in [-0.2, -0.15) is 0 Å². The topological polar surface area (TPSA) is 96.0 Å². The molecule has 9 heteroatoms. The van der Waals surface area contributed by atoms with Gasteiger partial charge < -0.3 is 30.1 Å². The SMILES string of the molecule is Cc1ccc(OC2Nc3cc(Cl)c(-c4cnc5c(c4)OCCN5C)cc3N2)cc1C(=O)O. The van der Waals surface area contributed by atoms with Crippen LogP contribution < -0.4 is 25.0 Å². The van der Waals surface area contributed by atoms with Crippen molar-refractivity contribution >= 4 is 34.8 Å². The van der Waals surface area contributed by atoms with E-state index >= 15 is 0 Å². The molecule has 1 unspecified atom stereocenters. The lowest BCUT2D eigenvalue weighted by Crippen LogP contribution is -2.29. The first-order valence-electron chi connectivity index (χ1n) is 10.1. The molecule has 0 amide bonds. The first-order chi connectivity index (χ1) is 15.4. The van der Waals surface area contributed by atoms with Crippen LogP contribution in [0, 0.1) is 6.92 Å². The number of halogens is 1.